The summed E-state index contributed by atoms with van der Waals surface area (Å²) in [5, 5.41) is 0. The lowest BCUT2D eigenvalue weighted by molar-refractivity contribution is 0.369. The highest BCUT2D eigenvalue weighted by Gasteiger charge is 2.32. The molecule has 0 saturated carbocycles. The van der Waals surface area contributed by atoms with Crippen molar-refractivity contribution in [3.63, 3.8) is 0 Å². The van der Waals surface area contributed by atoms with Gasteiger partial charge in [0.2, 0.25) is 16.0 Å². The summed E-state index contributed by atoms with van der Waals surface area (Å²) in [6.45, 7) is 5.75. The Morgan fingerprint density at radius 3 is 2.22 bits per heavy atom. The largest absolute Gasteiger partial charge is 0.497 e. The van der Waals surface area contributed by atoms with Crippen LogP contribution >= 0.6 is 0 Å². The fourth-order valence-electron chi connectivity index (χ4n) is 4.22. The molecule has 0 spiro atoms. The number of piperidine rings is 1. The third-order valence-corrected chi connectivity index (χ3v) is 7.94. The molecule has 0 radical (unpaired) electrons. The van der Waals surface area contributed by atoms with Gasteiger partial charge in [0.1, 0.15) is 22.2 Å². The number of anilines is 2. The van der Waals surface area contributed by atoms with Crippen LogP contribution in [0.5, 0.6) is 11.5 Å². The molecule has 2 aliphatic rings. The van der Waals surface area contributed by atoms with Crippen molar-refractivity contribution in [2.24, 2.45) is 0 Å². The zero-order chi connectivity index (χ0) is 22.7. The van der Waals surface area contributed by atoms with E-state index in [-0.39, 0.29) is 4.90 Å². The third-order valence-electron chi connectivity index (χ3n) is 6.02. The summed E-state index contributed by atoms with van der Waals surface area (Å²) < 4.78 is 38.7. The van der Waals surface area contributed by atoms with Crippen molar-refractivity contribution in [2.45, 2.75) is 31.1 Å². The van der Waals surface area contributed by atoms with Gasteiger partial charge in [0.15, 0.2) is 0 Å². The van der Waals surface area contributed by atoms with Crippen LogP contribution in [0.15, 0.2) is 29.2 Å². The lowest BCUT2D eigenvalue weighted by Gasteiger charge is -2.35. The van der Waals surface area contributed by atoms with Gasteiger partial charge in [0.05, 0.1) is 14.2 Å². The molecule has 174 valence electrons. The summed E-state index contributed by atoms with van der Waals surface area (Å²) in [5.41, 5.74) is 0.923. The van der Waals surface area contributed by atoms with E-state index in [1.807, 2.05) is 13.0 Å². The van der Waals surface area contributed by atoms with E-state index in [4.69, 9.17) is 14.5 Å². The summed E-state index contributed by atoms with van der Waals surface area (Å²) in [4.78, 5) is 13.9. The van der Waals surface area contributed by atoms with E-state index in [1.54, 1.807) is 12.1 Å². The first-order valence-electron chi connectivity index (χ1n) is 11.0. The molecule has 9 nitrogen and oxygen atoms in total. The number of rotatable bonds is 6. The van der Waals surface area contributed by atoms with Gasteiger partial charge >= 0.3 is 0 Å². The lowest BCUT2D eigenvalue weighted by atomic mass is 10.1. The van der Waals surface area contributed by atoms with Crippen LogP contribution in [0.4, 0.5) is 11.8 Å². The Balaban J connectivity index is 1.50. The second-order valence-corrected chi connectivity index (χ2v) is 10.0. The molecule has 0 aliphatic carbocycles. The minimum atomic E-state index is -3.72. The standard InChI is InChI=1S/C22H31N5O4S/c1-17-15-21(25-9-5-4-6-10-25)24-22(23-17)26-11-13-27(14-12-26)32(28,29)20-16-18(30-2)7-8-19(20)31-3/h7-8,15-16H,4-6,9-14H2,1-3H3. The van der Waals surface area contributed by atoms with E-state index in [0.29, 0.717) is 43.6 Å². The normalized spacial score (nSPS) is 18.0. The number of aromatic nitrogens is 2. The van der Waals surface area contributed by atoms with Crippen molar-refractivity contribution in [1.82, 2.24) is 14.3 Å². The second-order valence-electron chi connectivity index (χ2n) is 8.12. The molecule has 2 aromatic rings. The minimum Gasteiger partial charge on any atom is -0.497 e. The first-order chi connectivity index (χ1) is 15.4. The second kappa shape index (κ2) is 9.50. The maximum Gasteiger partial charge on any atom is 0.247 e. The molecule has 2 aliphatic heterocycles. The van der Waals surface area contributed by atoms with Gasteiger partial charge in [-0.15, -0.1) is 0 Å². The predicted octanol–water partition coefficient (Wildman–Crippen LogP) is 2.30. The third kappa shape index (κ3) is 4.61. The molecule has 1 aromatic heterocycles. The van der Waals surface area contributed by atoms with Gasteiger partial charge in [0, 0.05) is 57.1 Å². The van der Waals surface area contributed by atoms with E-state index in [9.17, 15) is 8.42 Å². The Hall–Kier alpha value is -2.59. The Morgan fingerprint density at radius 1 is 0.844 bits per heavy atom. The Morgan fingerprint density at radius 2 is 1.56 bits per heavy atom. The van der Waals surface area contributed by atoms with Crippen LogP contribution in [0.1, 0.15) is 25.0 Å². The van der Waals surface area contributed by atoms with Crippen molar-refractivity contribution in [3.05, 3.63) is 30.0 Å². The molecule has 10 heteroatoms. The molecular weight excluding hydrogens is 430 g/mol. The van der Waals surface area contributed by atoms with Crippen LogP contribution in [-0.4, -0.2) is 76.2 Å². The number of methoxy groups -OCH3 is 2. The van der Waals surface area contributed by atoms with Crippen LogP contribution in [0.2, 0.25) is 0 Å². The van der Waals surface area contributed by atoms with E-state index in [1.165, 1.54) is 43.9 Å². The minimum absolute atomic E-state index is 0.118. The summed E-state index contributed by atoms with van der Waals surface area (Å²) >= 11 is 0. The predicted molar refractivity (Wildman–Crippen MR) is 123 cm³/mol. The summed E-state index contributed by atoms with van der Waals surface area (Å²) in [7, 11) is -0.747. The van der Waals surface area contributed by atoms with Gasteiger partial charge in [-0.05, 0) is 38.3 Å². The van der Waals surface area contributed by atoms with Crippen molar-refractivity contribution in [2.75, 3.05) is 63.3 Å². The van der Waals surface area contributed by atoms with Crippen LogP contribution < -0.4 is 19.3 Å². The van der Waals surface area contributed by atoms with Crippen molar-refractivity contribution < 1.29 is 17.9 Å². The average Bonchev–Trinajstić information content (AvgIpc) is 2.83. The Kier molecular flexibility index (Phi) is 6.71. The van der Waals surface area contributed by atoms with Gasteiger partial charge in [0.25, 0.3) is 0 Å². The lowest BCUT2D eigenvalue weighted by Crippen LogP contribution is -2.49. The maximum atomic E-state index is 13.3. The molecule has 32 heavy (non-hydrogen) atoms. The Bertz CT molecular complexity index is 1050. The quantitative estimate of drug-likeness (QED) is 0.648. The molecule has 2 fully saturated rings. The molecule has 0 N–H and O–H groups in total. The highest BCUT2D eigenvalue weighted by Crippen LogP contribution is 2.31. The van der Waals surface area contributed by atoms with Crippen LogP contribution in [0.25, 0.3) is 0 Å². The highest BCUT2D eigenvalue weighted by atomic mass is 32.2. The smallest absolute Gasteiger partial charge is 0.247 e. The monoisotopic (exact) mass is 461 g/mol. The fraction of sp³-hybridized carbons (Fsp3) is 0.545. The van der Waals surface area contributed by atoms with Gasteiger partial charge in [-0.25, -0.2) is 13.4 Å². The van der Waals surface area contributed by atoms with Crippen LogP contribution in [0.3, 0.4) is 0 Å². The molecule has 0 unspecified atom stereocenters. The van der Waals surface area contributed by atoms with Gasteiger partial charge in [-0.3, -0.25) is 0 Å². The molecule has 1 aromatic carbocycles. The van der Waals surface area contributed by atoms with E-state index < -0.39 is 10.0 Å². The Labute approximate surface area is 190 Å². The number of piperazine rings is 1. The molecule has 0 amide bonds. The molecule has 4 rings (SSSR count). The first kappa shape index (κ1) is 22.6. The zero-order valence-corrected chi connectivity index (χ0v) is 19.8. The van der Waals surface area contributed by atoms with Crippen molar-refractivity contribution in [1.29, 1.82) is 0 Å². The average molecular weight is 462 g/mol. The number of ether oxygens (including phenoxy) is 2. The fourth-order valence-corrected chi connectivity index (χ4v) is 5.81. The molecule has 0 atom stereocenters. The molecule has 3 heterocycles. The number of aryl methyl sites for hydroxylation is 1. The summed E-state index contributed by atoms with van der Waals surface area (Å²) in [6, 6.07) is 6.84. The van der Waals surface area contributed by atoms with Gasteiger partial charge in [-0.2, -0.15) is 9.29 Å². The molecule has 0 bridgehead atoms. The number of hydrogen-bond donors (Lipinski definition) is 0. The van der Waals surface area contributed by atoms with Gasteiger partial charge < -0.3 is 19.3 Å². The molecule has 2 saturated heterocycles. The summed E-state index contributed by atoms with van der Waals surface area (Å²) in [6.07, 6.45) is 3.63. The van der Waals surface area contributed by atoms with Crippen molar-refractivity contribution >= 4 is 21.8 Å². The highest BCUT2D eigenvalue weighted by molar-refractivity contribution is 7.89. The molecular formula is C22H31N5O4S. The van der Waals surface area contributed by atoms with Crippen LogP contribution in [0, 0.1) is 6.92 Å². The zero-order valence-electron chi connectivity index (χ0n) is 19.0. The number of nitrogens with zero attached hydrogens (tertiary/aromatic N) is 5. The summed E-state index contributed by atoms with van der Waals surface area (Å²) in [5.74, 6) is 2.41. The number of benzene rings is 1. The van der Waals surface area contributed by atoms with E-state index in [2.05, 4.69) is 14.8 Å². The SMILES string of the molecule is COc1ccc(OC)c(S(=O)(=O)N2CCN(c3nc(C)cc(N4CCCCC4)n3)CC2)c1. The van der Waals surface area contributed by atoms with Crippen LogP contribution in [-0.2, 0) is 10.0 Å². The number of sulfonamides is 1. The van der Waals surface area contributed by atoms with E-state index in [0.717, 1.165) is 24.6 Å². The maximum absolute atomic E-state index is 13.3. The van der Waals surface area contributed by atoms with E-state index >= 15 is 0 Å². The van der Waals surface area contributed by atoms with Gasteiger partial charge in [-0.1, -0.05) is 0 Å². The topological polar surface area (TPSA) is 88.1 Å². The number of hydrogen-bond acceptors (Lipinski definition) is 8. The van der Waals surface area contributed by atoms with Crippen molar-refractivity contribution in [3.8, 4) is 11.5 Å². The first-order valence-corrected chi connectivity index (χ1v) is 12.4.